The third-order valence-corrected chi connectivity index (χ3v) is 3.24. The van der Waals surface area contributed by atoms with E-state index in [1.165, 1.54) is 6.42 Å². The number of amides is 1. The fourth-order valence-corrected chi connectivity index (χ4v) is 2.34. The van der Waals surface area contributed by atoms with Crippen molar-refractivity contribution in [2.45, 2.75) is 38.3 Å². The van der Waals surface area contributed by atoms with Gasteiger partial charge >= 0.3 is 0 Å². The van der Waals surface area contributed by atoms with Crippen LogP contribution in [0.2, 0.25) is 0 Å². The van der Waals surface area contributed by atoms with E-state index >= 15 is 0 Å². The van der Waals surface area contributed by atoms with Gasteiger partial charge in [-0.1, -0.05) is 0 Å². The summed E-state index contributed by atoms with van der Waals surface area (Å²) in [5.41, 5.74) is 0. The first-order chi connectivity index (χ1) is 7.27. The number of hydrogen-bond donors (Lipinski definition) is 1. The molecule has 2 unspecified atom stereocenters. The van der Waals surface area contributed by atoms with E-state index in [-0.39, 0.29) is 11.9 Å². The van der Waals surface area contributed by atoms with E-state index in [9.17, 15) is 4.79 Å². The summed E-state index contributed by atoms with van der Waals surface area (Å²) in [6.45, 7) is 5.04. The Kier molecular flexibility index (Phi) is 3.59. The highest BCUT2D eigenvalue weighted by Gasteiger charge is 2.28. The lowest BCUT2D eigenvalue weighted by molar-refractivity contribution is -0.138. The highest BCUT2D eigenvalue weighted by molar-refractivity contribution is 5.82. The average molecular weight is 212 g/mol. The molecule has 15 heavy (non-hydrogen) atoms. The standard InChI is InChI=1S/C11H20N2O2/c1-9-3-2-4-10(12-9)11(14)13-5-7-15-8-6-13/h9-10,12H,2-8H2,1H3. The molecule has 2 saturated heterocycles. The molecule has 0 spiro atoms. The molecule has 2 fully saturated rings. The number of piperidine rings is 1. The van der Waals surface area contributed by atoms with Crippen LogP contribution in [0.5, 0.6) is 0 Å². The van der Waals surface area contributed by atoms with Gasteiger partial charge in [0.1, 0.15) is 0 Å². The van der Waals surface area contributed by atoms with Crippen molar-refractivity contribution in [1.29, 1.82) is 0 Å². The van der Waals surface area contributed by atoms with Crippen molar-refractivity contribution in [2.24, 2.45) is 0 Å². The van der Waals surface area contributed by atoms with Gasteiger partial charge in [-0.05, 0) is 26.2 Å². The second kappa shape index (κ2) is 4.94. The van der Waals surface area contributed by atoms with E-state index in [4.69, 9.17) is 4.74 Å². The van der Waals surface area contributed by atoms with Gasteiger partial charge in [0.15, 0.2) is 0 Å². The summed E-state index contributed by atoms with van der Waals surface area (Å²) in [6, 6.07) is 0.528. The number of hydrogen-bond acceptors (Lipinski definition) is 3. The lowest BCUT2D eigenvalue weighted by Gasteiger charge is -2.34. The van der Waals surface area contributed by atoms with Gasteiger partial charge in [-0.25, -0.2) is 0 Å². The Bertz CT molecular complexity index is 227. The molecule has 0 bridgehead atoms. The molecule has 1 amide bonds. The Hall–Kier alpha value is -0.610. The minimum absolute atomic E-state index is 0.0480. The molecule has 1 N–H and O–H groups in total. The van der Waals surface area contributed by atoms with Crippen molar-refractivity contribution in [3.63, 3.8) is 0 Å². The maximum absolute atomic E-state index is 12.1. The summed E-state index contributed by atoms with van der Waals surface area (Å²) in [6.07, 6.45) is 3.34. The van der Waals surface area contributed by atoms with Gasteiger partial charge in [-0.15, -0.1) is 0 Å². The second-order valence-corrected chi connectivity index (χ2v) is 4.49. The molecular weight excluding hydrogens is 192 g/mol. The van der Waals surface area contributed by atoms with Crippen molar-refractivity contribution < 1.29 is 9.53 Å². The SMILES string of the molecule is CC1CCCC(C(=O)N2CCOCC2)N1. The molecule has 0 aromatic rings. The van der Waals surface area contributed by atoms with Crippen LogP contribution in [0, 0.1) is 0 Å². The molecule has 86 valence electrons. The van der Waals surface area contributed by atoms with Crippen molar-refractivity contribution in [3.8, 4) is 0 Å². The molecule has 2 aliphatic heterocycles. The summed E-state index contributed by atoms with van der Waals surface area (Å²) in [5.74, 6) is 0.268. The molecule has 2 heterocycles. The molecule has 2 aliphatic rings. The molecule has 0 aliphatic carbocycles. The number of carbonyl (C=O) groups is 1. The first-order valence-corrected chi connectivity index (χ1v) is 5.90. The van der Waals surface area contributed by atoms with Gasteiger partial charge in [0.2, 0.25) is 5.91 Å². The zero-order chi connectivity index (χ0) is 10.7. The van der Waals surface area contributed by atoms with Crippen LogP contribution in [-0.2, 0) is 9.53 Å². The zero-order valence-corrected chi connectivity index (χ0v) is 9.37. The number of rotatable bonds is 1. The summed E-state index contributed by atoms with van der Waals surface area (Å²) in [5, 5.41) is 3.38. The van der Waals surface area contributed by atoms with Crippen LogP contribution >= 0.6 is 0 Å². The molecule has 4 nitrogen and oxygen atoms in total. The predicted molar refractivity (Wildman–Crippen MR) is 57.6 cm³/mol. The van der Waals surface area contributed by atoms with E-state index in [0.717, 1.165) is 25.9 Å². The first-order valence-electron chi connectivity index (χ1n) is 5.90. The number of nitrogens with zero attached hydrogens (tertiary/aromatic N) is 1. The Morgan fingerprint density at radius 2 is 2.07 bits per heavy atom. The van der Waals surface area contributed by atoms with E-state index < -0.39 is 0 Å². The number of nitrogens with one attached hydrogen (secondary N) is 1. The molecule has 0 aromatic heterocycles. The summed E-state index contributed by atoms with van der Waals surface area (Å²) >= 11 is 0. The van der Waals surface area contributed by atoms with Crippen LogP contribution in [0.3, 0.4) is 0 Å². The number of carbonyl (C=O) groups excluding carboxylic acids is 1. The highest BCUT2D eigenvalue weighted by Crippen LogP contribution is 2.14. The number of ether oxygens (including phenoxy) is 1. The fourth-order valence-electron chi connectivity index (χ4n) is 2.34. The van der Waals surface area contributed by atoms with Crippen LogP contribution < -0.4 is 5.32 Å². The van der Waals surface area contributed by atoms with Crippen LogP contribution in [0.15, 0.2) is 0 Å². The van der Waals surface area contributed by atoms with Crippen molar-refractivity contribution in [3.05, 3.63) is 0 Å². The molecule has 0 saturated carbocycles. The van der Waals surface area contributed by atoms with Crippen molar-refractivity contribution >= 4 is 5.91 Å². The Morgan fingerprint density at radius 1 is 1.33 bits per heavy atom. The minimum Gasteiger partial charge on any atom is -0.378 e. The quantitative estimate of drug-likeness (QED) is 0.683. The van der Waals surface area contributed by atoms with Gasteiger partial charge in [0.05, 0.1) is 19.3 Å². The smallest absolute Gasteiger partial charge is 0.239 e. The summed E-state index contributed by atoms with van der Waals surface area (Å²) < 4.78 is 5.24. The number of morpholine rings is 1. The maximum atomic E-state index is 12.1. The van der Waals surface area contributed by atoms with Gasteiger partial charge in [-0.3, -0.25) is 4.79 Å². The molecule has 2 atom stereocenters. The topological polar surface area (TPSA) is 41.6 Å². The average Bonchev–Trinajstić information content (AvgIpc) is 2.29. The van der Waals surface area contributed by atoms with Crippen LogP contribution in [0.1, 0.15) is 26.2 Å². The Labute approximate surface area is 91.0 Å². The lowest BCUT2D eigenvalue weighted by atomic mass is 9.98. The van der Waals surface area contributed by atoms with Crippen LogP contribution in [0.4, 0.5) is 0 Å². The maximum Gasteiger partial charge on any atom is 0.239 e. The predicted octanol–water partition coefficient (Wildman–Crippen LogP) is 0.376. The summed E-state index contributed by atoms with van der Waals surface area (Å²) in [7, 11) is 0. The lowest BCUT2D eigenvalue weighted by Crippen LogP contribution is -2.53. The second-order valence-electron chi connectivity index (χ2n) is 4.49. The minimum atomic E-state index is 0.0480. The van der Waals surface area contributed by atoms with E-state index in [1.54, 1.807) is 0 Å². The van der Waals surface area contributed by atoms with E-state index in [0.29, 0.717) is 19.3 Å². The molecule has 4 heteroatoms. The van der Waals surface area contributed by atoms with Crippen LogP contribution in [0.25, 0.3) is 0 Å². The molecule has 2 rings (SSSR count). The fraction of sp³-hybridized carbons (Fsp3) is 0.909. The van der Waals surface area contributed by atoms with Crippen LogP contribution in [-0.4, -0.2) is 49.2 Å². The monoisotopic (exact) mass is 212 g/mol. The Morgan fingerprint density at radius 3 is 2.73 bits per heavy atom. The van der Waals surface area contributed by atoms with E-state index in [2.05, 4.69) is 12.2 Å². The Balaban J connectivity index is 1.88. The molecule has 0 aromatic carbocycles. The van der Waals surface area contributed by atoms with Gasteiger partial charge in [-0.2, -0.15) is 0 Å². The highest BCUT2D eigenvalue weighted by atomic mass is 16.5. The summed E-state index contributed by atoms with van der Waals surface area (Å²) in [4.78, 5) is 14.0. The molecule has 0 radical (unpaired) electrons. The van der Waals surface area contributed by atoms with E-state index in [1.807, 2.05) is 4.90 Å². The van der Waals surface area contributed by atoms with Gasteiger partial charge < -0.3 is 15.0 Å². The van der Waals surface area contributed by atoms with Gasteiger partial charge in [0, 0.05) is 19.1 Å². The first kappa shape index (κ1) is 10.9. The van der Waals surface area contributed by atoms with Crippen molar-refractivity contribution in [2.75, 3.05) is 26.3 Å². The molecular formula is C11H20N2O2. The zero-order valence-electron chi connectivity index (χ0n) is 9.37. The van der Waals surface area contributed by atoms with Gasteiger partial charge in [0.25, 0.3) is 0 Å². The van der Waals surface area contributed by atoms with Crippen molar-refractivity contribution in [1.82, 2.24) is 10.2 Å². The third-order valence-electron chi connectivity index (χ3n) is 3.24. The largest absolute Gasteiger partial charge is 0.378 e. The normalized spacial score (nSPS) is 32.7. The third kappa shape index (κ3) is 2.69.